The molecule has 1 saturated carbocycles. The Morgan fingerprint density at radius 3 is 2.77 bits per heavy atom. The second-order valence-electron chi connectivity index (χ2n) is 5.26. The Balaban J connectivity index is 1.89. The summed E-state index contributed by atoms with van der Waals surface area (Å²) in [4.78, 5) is 14.4. The van der Waals surface area contributed by atoms with Gasteiger partial charge in [-0.1, -0.05) is 0 Å². The van der Waals surface area contributed by atoms with Crippen molar-refractivity contribution in [2.75, 3.05) is 0 Å². The van der Waals surface area contributed by atoms with Crippen LogP contribution in [0.25, 0.3) is 21.1 Å². The van der Waals surface area contributed by atoms with Crippen LogP contribution in [0.1, 0.15) is 30.0 Å². The number of thiazole rings is 1. The quantitative estimate of drug-likeness (QED) is 0.733. The summed E-state index contributed by atoms with van der Waals surface area (Å²) in [6.07, 6.45) is 7.64. The van der Waals surface area contributed by atoms with Gasteiger partial charge in [-0.05, 0) is 37.1 Å². The number of nitriles is 1. The van der Waals surface area contributed by atoms with Crippen LogP contribution in [0.2, 0.25) is 0 Å². The number of pyridine rings is 2. The molecule has 0 amide bonds. The van der Waals surface area contributed by atoms with Crippen molar-refractivity contribution >= 4 is 11.3 Å². The van der Waals surface area contributed by atoms with Crippen molar-refractivity contribution in [2.45, 2.75) is 18.8 Å². The molecule has 0 aliphatic heterocycles. The van der Waals surface area contributed by atoms with E-state index in [9.17, 15) is 5.26 Å². The minimum absolute atomic E-state index is 0.505. The van der Waals surface area contributed by atoms with Crippen LogP contribution in [0, 0.1) is 11.3 Å². The van der Waals surface area contributed by atoms with E-state index in [0.717, 1.165) is 39.7 Å². The van der Waals surface area contributed by atoms with Crippen molar-refractivity contribution in [1.29, 1.82) is 5.26 Å². The Morgan fingerprint density at radius 2 is 2.05 bits per heavy atom. The van der Waals surface area contributed by atoms with Crippen LogP contribution in [-0.2, 0) is 0 Å². The third-order valence-electron chi connectivity index (χ3n) is 3.67. The number of hydrogen-bond acceptors (Lipinski definition) is 5. The van der Waals surface area contributed by atoms with E-state index in [1.165, 1.54) is 0 Å². The summed E-state index contributed by atoms with van der Waals surface area (Å²) in [6, 6.07) is 9.76. The zero-order valence-corrected chi connectivity index (χ0v) is 12.5. The third-order valence-corrected chi connectivity index (χ3v) is 4.80. The number of nitrogens with zero attached hydrogens (tertiary/aromatic N) is 4. The van der Waals surface area contributed by atoms with Gasteiger partial charge in [-0.25, -0.2) is 4.98 Å². The smallest absolute Gasteiger partial charge is 0.125 e. The fraction of sp³-hybridized carbons (Fsp3) is 0.176. The first-order valence-electron chi connectivity index (χ1n) is 7.13. The molecular formula is C17H12N4S. The molecule has 1 aliphatic carbocycles. The van der Waals surface area contributed by atoms with E-state index in [0.29, 0.717) is 11.5 Å². The molecule has 3 aromatic rings. The Bertz CT molecular complexity index is 860. The van der Waals surface area contributed by atoms with Gasteiger partial charge >= 0.3 is 0 Å². The average molecular weight is 304 g/mol. The van der Waals surface area contributed by atoms with Crippen molar-refractivity contribution < 1.29 is 0 Å². The van der Waals surface area contributed by atoms with Crippen LogP contribution in [0.5, 0.6) is 0 Å². The van der Waals surface area contributed by atoms with E-state index in [1.54, 1.807) is 29.8 Å². The maximum atomic E-state index is 9.33. The summed E-state index contributed by atoms with van der Waals surface area (Å²) in [6.45, 7) is 0. The van der Waals surface area contributed by atoms with E-state index < -0.39 is 0 Å². The molecule has 0 aromatic carbocycles. The van der Waals surface area contributed by atoms with E-state index in [2.05, 4.69) is 16.0 Å². The highest BCUT2D eigenvalue weighted by Gasteiger charge is 2.31. The van der Waals surface area contributed by atoms with E-state index in [4.69, 9.17) is 4.98 Å². The maximum absolute atomic E-state index is 9.33. The molecule has 0 unspecified atom stereocenters. The molecule has 0 bridgehead atoms. The van der Waals surface area contributed by atoms with Crippen LogP contribution in [0.4, 0.5) is 0 Å². The van der Waals surface area contributed by atoms with Crippen molar-refractivity contribution in [2.24, 2.45) is 0 Å². The normalized spacial score (nSPS) is 13.8. The minimum Gasteiger partial charge on any atom is -0.264 e. The zero-order chi connectivity index (χ0) is 14.9. The van der Waals surface area contributed by atoms with E-state index >= 15 is 0 Å². The minimum atomic E-state index is 0.505. The molecule has 22 heavy (non-hydrogen) atoms. The summed E-state index contributed by atoms with van der Waals surface area (Å²) in [5, 5.41) is 10.3. The highest BCUT2D eigenvalue weighted by atomic mass is 32.1. The molecule has 1 aliphatic rings. The summed E-state index contributed by atoms with van der Waals surface area (Å²) in [5.41, 5.74) is 3.44. The summed E-state index contributed by atoms with van der Waals surface area (Å²) in [5.74, 6) is 0.505. The van der Waals surface area contributed by atoms with Gasteiger partial charge in [0.2, 0.25) is 0 Å². The number of aromatic nitrogens is 3. The van der Waals surface area contributed by atoms with Gasteiger partial charge in [0.15, 0.2) is 0 Å². The molecule has 1 fully saturated rings. The lowest BCUT2D eigenvalue weighted by Crippen LogP contribution is -1.90. The molecule has 4 rings (SSSR count). The maximum Gasteiger partial charge on any atom is 0.125 e. The van der Waals surface area contributed by atoms with Crippen LogP contribution in [-0.4, -0.2) is 15.0 Å². The van der Waals surface area contributed by atoms with Gasteiger partial charge in [-0.2, -0.15) is 5.26 Å². The van der Waals surface area contributed by atoms with Gasteiger partial charge in [0, 0.05) is 30.1 Å². The number of rotatable bonds is 3. The van der Waals surface area contributed by atoms with Gasteiger partial charge < -0.3 is 0 Å². The van der Waals surface area contributed by atoms with Crippen LogP contribution in [0.15, 0.2) is 42.9 Å². The van der Waals surface area contributed by atoms with Gasteiger partial charge in [0.25, 0.3) is 0 Å². The largest absolute Gasteiger partial charge is 0.264 e. The lowest BCUT2D eigenvalue weighted by atomic mass is 10.1. The molecule has 4 nitrogen and oxygen atoms in total. The first kappa shape index (κ1) is 13.1. The lowest BCUT2D eigenvalue weighted by molar-refractivity contribution is 1.05. The van der Waals surface area contributed by atoms with Gasteiger partial charge in [-0.15, -0.1) is 11.3 Å². The second-order valence-corrected chi connectivity index (χ2v) is 6.26. The topological polar surface area (TPSA) is 62.5 Å². The Morgan fingerprint density at radius 1 is 1.18 bits per heavy atom. The van der Waals surface area contributed by atoms with Crippen molar-refractivity contribution in [3.05, 3.63) is 54.1 Å². The SMILES string of the molecule is N#Cc1cccnc1-c1sc(-c2cccnc2)nc1C1CC1. The molecule has 3 heterocycles. The van der Waals surface area contributed by atoms with Crippen LogP contribution >= 0.6 is 11.3 Å². The van der Waals surface area contributed by atoms with Gasteiger partial charge in [0.1, 0.15) is 11.1 Å². The average Bonchev–Trinajstić information content (AvgIpc) is 3.34. The van der Waals surface area contributed by atoms with E-state index in [-0.39, 0.29) is 0 Å². The Labute approximate surface area is 132 Å². The number of hydrogen-bond donors (Lipinski definition) is 0. The molecule has 0 radical (unpaired) electrons. The first-order chi connectivity index (χ1) is 10.9. The summed E-state index contributed by atoms with van der Waals surface area (Å²) >= 11 is 1.60. The highest BCUT2D eigenvalue weighted by Crippen LogP contribution is 2.47. The van der Waals surface area contributed by atoms with Gasteiger partial charge in [0.05, 0.1) is 21.8 Å². The Kier molecular flexibility index (Phi) is 3.17. The van der Waals surface area contributed by atoms with E-state index in [1.807, 2.05) is 24.4 Å². The Hall–Kier alpha value is -2.58. The van der Waals surface area contributed by atoms with Gasteiger partial charge in [-0.3, -0.25) is 9.97 Å². The monoisotopic (exact) mass is 304 g/mol. The lowest BCUT2D eigenvalue weighted by Gasteiger charge is -2.01. The summed E-state index contributed by atoms with van der Waals surface area (Å²) < 4.78 is 0. The fourth-order valence-electron chi connectivity index (χ4n) is 2.42. The van der Waals surface area contributed by atoms with Crippen molar-refractivity contribution in [1.82, 2.24) is 15.0 Å². The molecule has 5 heteroatoms. The van der Waals surface area contributed by atoms with Crippen molar-refractivity contribution in [3.8, 4) is 27.2 Å². The van der Waals surface area contributed by atoms with Crippen LogP contribution in [0.3, 0.4) is 0 Å². The molecular weight excluding hydrogens is 292 g/mol. The first-order valence-corrected chi connectivity index (χ1v) is 7.95. The predicted octanol–water partition coefficient (Wildman–Crippen LogP) is 4.02. The highest BCUT2D eigenvalue weighted by molar-refractivity contribution is 7.18. The van der Waals surface area contributed by atoms with Crippen LogP contribution < -0.4 is 0 Å². The molecule has 0 spiro atoms. The van der Waals surface area contributed by atoms with Crippen molar-refractivity contribution in [3.63, 3.8) is 0 Å². The fourth-order valence-corrected chi connectivity index (χ4v) is 3.58. The molecule has 3 aromatic heterocycles. The standard InChI is InChI=1S/C17H12N4S/c18-9-12-3-2-8-20-14(12)16-15(11-5-6-11)21-17(22-16)13-4-1-7-19-10-13/h1-4,7-8,10-11H,5-6H2. The predicted molar refractivity (Wildman–Crippen MR) is 85.3 cm³/mol. The zero-order valence-electron chi connectivity index (χ0n) is 11.7. The third kappa shape index (κ3) is 2.28. The molecule has 0 N–H and O–H groups in total. The summed E-state index contributed by atoms with van der Waals surface area (Å²) in [7, 11) is 0. The molecule has 0 saturated heterocycles. The molecule has 0 atom stereocenters. The molecule has 106 valence electrons. The second kappa shape index (κ2) is 5.32.